The average molecular weight is 250 g/mol. The van der Waals surface area contributed by atoms with Crippen LogP contribution in [0.25, 0.3) is 10.9 Å². The van der Waals surface area contributed by atoms with E-state index in [1.165, 1.54) is 0 Å². The molecule has 3 rings (SSSR count). The number of halogens is 2. The van der Waals surface area contributed by atoms with Crippen molar-refractivity contribution in [1.29, 1.82) is 0 Å². The number of H-pyrrole nitrogens is 1. The number of aromatic nitrogens is 1. The molecule has 0 bridgehead atoms. The topological polar surface area (TPSA) is 41.8 Å². The van der Waals surface area contributed by atoms with Gasteiger partial charge in [0.2, 0.25) is 5.92 Å². The Balaban J connectivity index is 1.93. The predicted molar refractivity (Wildman–Crippen MR) is 67.6 cm³/mol. The summed E-state index contributed by atoms with van der Waals surface area (Å²) in [6.07, 6.45) is 2.32. The third-order valence-electron chi connectivity index (χ3n) is 4.00. The Labute approximate surface area is 104 Å². The van der Waals surface area contributed by atoms with Gasteiger partial charge >= 0.3 is 0 Å². The molecule has 3 N–H and O–H groups in total. The summed E-state index contributed by atoms with van der Waals surface area (Å²) in [6.45, 7) is 0. The van der Waals surface area contributed by atoms with Gasteiger partial charge in [-0.25, -0.2) is 8.78 Å². The van der Waals surface area contributed by atoms with E-state index in [0.29, 0.717) is 12.8 Å². The minimum absolute atomic E-state index is 0.116. The van der Waals surface area contributed by atoms with E-state index < -0.39 is 11.5 Å². The number of aromatic amines is 1. The Hall–Kier alpha value is -1.42. The SMILES string of the molecule is NC1(c2ccc3[nH]ccc3c2)CCC(F)(F)CC1. The van der Waals surface area contributed by atoms with E-state index in [4.69, 9.17) is 5.73 Å². The molecule has 1 aromatic carbocycles. The van der Waals surface area contributed by atoms with Crippen LogP contribution >= 0.6 is 0 Å². The van der Waals surface area contributed by atoms with Gasteiger partial charge in [0.25, 0.3) is 0 Å². The molecule has 0 atom stereocenters. The van der Waals surface area contributed by atoms with Gasteiger partial charge in [0.05, 0.1) is 0 Å². The highest BCUT2D eigenvalue weighted by Gasteiger charge is 2.42. The summed E-state index contributed by atoms with van der Waals surface area (Å²) in [7, 11) is 0. The van der Waals surface area contributed by atoms with Crippen molar-refractivity contribution in [3.05, 3.63) is 36.0 Å². The number of alkyl halides is 2. The summed E-state index contributed by atoms with van der Waals surface area (Å²) in [5.74, 6) is -2.54. The first kappa shape index (κ1) is 11.7. The van der Waals surface area contributed by atoms with Crippen molar-refractivity contribution in [3.63, 3.8) is 0 Å². The van der Waals surface area contributed by atoms with Gasteiger partial charge in [-0.15, -0.1) is 0 Å². The third-order valence-corrected chi connectivity index (χ3v) is 4.00. The minimum Gasteiger partial charge on any atom is -0.361 e. The molecule has 1 fully saturated rings. The quantitative estimate of drug-likeness (QED) is 0.798. The maximum Gasteiger partial charge on any atom is 0.248 e. The summed E-state index contributed by atoms with van der Waals surface area (Å²) in [5, 5.41) is 1.08. The first-order valence-electron chi connectivity index (χ1n) is 6.23. The molecule has 0 radical (unpaired) electrons. The van der Waals surface area contributed by atoms with E-state index in [1.807, 2.05) is 30.5 Å². The highest BCUT2D eigenvalue weighted by Crippen LogP contribution is 2.42. The zero-order valence-corrected chi connectivity index (χ0v) is 10.0. The molecule has 0 amide bonds. The van der Waals surface area contributed by atoms with Crippen LogP contribution in [0.5, 0.6) is 0 Å². The molecule has 0 unspecified atom stereocenters. The van der Waals surface area contributed by atoms with Gasteiger partial charge in [0.1, 0.15) is 0 Å². The number of hydrogen-bond donors (Lipinski definition) is 2. The molecule has 18 heavy (non-hydrogen) atoms. The Kier molecular flexibility index (Phi) is 2.45. The predicted octanol–water partition coefficient (Wildman–Crippen LogP) is 3.53. The van der Waals surface area contributed by atoms with Crippen LogP contribution in [0.1, 0.15) is 31.2 Å². The molecular weight excluding hydrogens is 234 g/mol. The molecular formula is C14H16F2N2. The van der Waals surface area contributed by atoms with Gasteiger partial charge < -0.3 is 10.7 Å². The Morgan fingerprint density at radius 1 is 1.06 bits per heavy atom. The number of rotatable bonds is 1. The van der Waals surface area contributed by atoms with Crippen LogP contribution < -0.4 is 5.73 Å². The largest absolute Gasteiger partial charge is 0.361 e. The van der Waals surface area contributed by atoms with E-state index in [1.54, 1.807) is 0 Å². The normalized spacial score (nSPS) is 22.2. The van der Waals surface area contributed by atoms with Crippen molar-refractivity contribution in [1.82, 2.24) is 4.98 Å². The number of nitrogens with two attached hydrogens (primary N) is 1. The van der Waals surface area contributed by atoms with E-state index >= 15 is 0 Å². The minimum atomic E-state index is -2.54. The second-order valence-corrected chi connectivity index (χ2v) is 5.29. The van der Waals surface area contributed by atoms with Crippen LogP contribution in [-0.4, -0.2) is 10.9 Å². The molecule has 1 aliphatic rings. The molecule has 0 spiro atoms. The molecule has 2 aromatic rings. The molecule has 1 aliphatic carbocycles. The molecule has 1 heterocycles. The van der Waals surface area contributed by atoms with Crippen LogP contribution in [0.4, 0.5) is 8.78 Å². The van der Waals surface area contributed by atoms with E-state index in [-0.39, 0.29) is 12.8 Å². The lowest BCUT2D eigenvalue weighted by molar-refractivity contribution is -0.0513. The van der Waals surface area contributed by atoms with Crippen LogP contribution in [0.3, 0.4) is 0 Å². The van der Waals surface area contributed by atoms with Crippen LogP contribution in [0.15, 0.2) is 30.5 Å². The fraction of sp³-hybridized carbons (Fsp3) is 0.429. The maximum atomic E-state index is 13.2. The average Bonchev–Trinajstić information content (AvgIpc) is 2.80. The van der Waals surface area contributed by atoms with Crippen LogP contribution in [0, 0.1) is 0 Å². The van der Waals surface area contributed by atoms with Crippen molar-refractivity contribution in [2.45, 2.75) is 37.1 Å². The fourth-order valence-electron chi connectivity index (χ4n) is 2.71. The number of hydrogen-bond acceptors (Lipinski definition) is 1. The first-order valence-corrected chi connectivity index (χ1v) is 6.23. The van der Waals surface area contributed by atoms with Gasteiger partial charge in [0, 0.05) is 30.1 Å². The van der Waals surface area contributed by atoms with Gasteiger partial charge in [-0.05, 0) is 42.0 Å². The van der Waals surface area contributed by atoms with Crippen LogP contribution in [0.2, 0.25) is 0 Å². The second kappa shape index (κ2) is 3.79. The van der Waals surface area contributed by atoms with Crippen LogP contribution in [-0.2, 0) is 5.54 Å². The molecule has 4 heteroatoms. The van der Waals surface area contributed by atoms with E-state index in [9.17, 15) is 8.78 Å². The lowest BCUT2D eigenvalue weighted by Gasteiger charge is -2.37. The van der Waals surface area contributed by atoms with E-state index in [2.05, 4.69) is 4.98 Å². The summed E-state index contributed by atoms with van der Waals surface area (Å²) in [6, 6.07) is 7.89. The third kappa shape index (κ3) is 1.90. The van der Waals surface area contributed by atoms with Crippen molar-refractivity contribution in [2.75, 3.05) is 0 Å². The standard InChI is InChI=1S/C14H16F2N2/c15-14(16)6-4-13(17,5-7-14)11-1-2-12-10(9-11)3-8-18-12/h1-3,8-9,18H,4-7,17H2. The van der Waals surface area contributed by atoms with Crippen molar-refractivity contribution in [3.8, 4) is 0 Å². The van der Waals surface area contributed by atoms with Gasteiger partial charge in [-0.3, -0.25) is 0 Å². The van der Waals surface area contributed by atoms with Gasteiger partial charge in [-0.1, -0.05) is 6.07 Å². The summed E-state index contributed by atoms with van der Waals surface area (Å²) in [5.41, 5.74) is 7.72. The highest BCUT2D eigenvalue weighted by molar-refractivity contribution is 5.80. The molecule has 1 saturated carbocycles. The fourth-order valence-corrected chi connectivity index (χ4v) is 2.71. The number of fused-ring (bicyclic) bond motifs is 1. The molecule has 0 saturated heterocycles. The van der Waals surface area contributed by atoms with Crippen molar-refractivity contribution >= 4 is 10.9 Å². The maximum absolute atomic E-state index is 13.2. The zero-order chi connectivity index (χ0) is 12.8. The summed E-state index contributed by atoms with van der Waals surface area (Å²) in [4.78, 5) is 3.11. The summed E-state index contributed by atoms with van der Waals surface area (Å²) < 4.78 is 26.4. The molecule has 0 aliphatic heterocycles. The molecule has 1 aromatic heterocycles. The smallest absolute Gasteiger partial charge is 0.248 e. The Morgan fingerprint density at radius 3 is 2.50 bits per heavy atom. The van der Waals surface area contributed by atoms with Crippen molar-refractivity contribution in [2.24, 2.45) is 5.73 Å². The Bertz CT molecular complexity index is 564. The lowest BCUT2D eigenvalue weighted by Crippen LogP contribution is -2.43. The molecule has 96 valence electrons. The first-order chi connectivity index (χ1) is 8.49. The number of benzene rings is 1. The number of nitrogens with one attached hydrogen (secondary N) is 1. The summed E-state index contributed by atoms with van der Waals surface area (Å²) >= 11 is 0. The monoisotopic (exact) mass is 250 g/mol. The Morgan fingerprint density at radius 2 is 1.78 bits per heavy atom. The second-order valence-electron chi connectivity index (χ2n) is 5.29. The van der Waals surface area contributed by atoms with Crippen molar-refractivity contribution < 1.29 is 8.78 Å². The lowest BCUT2D eigenvalue weighted by atomic mass is 9.76. The zero-order valence-electron chi connectivity index (χ0n) is 10.0. The molecule has 2 nitrogen and oxygen atoms in total. The highest BCUT2D eigenvalue weighted by atomic mass is 19.3. The van der Waals surface area contributed by atoms with E-state index in [0.717, 1.165) is 16.5 Å². The van der Waals surface area contributed by atoms with Gasteiger partial charge in [-0.2, -0.15) is 0 Å². The van der Waals surface area contributed by atoms with Gasteiger partial charge in [0.15, 0.2) is 0 Å².